The summed E-state index contributed by atoms with van der Waals surface area (Å²) in [6, 6.07) is 0. The minimum atomic E-state index is 0.144. The lowest BCUT2D eigenvalue weighted by Gasteiger charge is -2.22. The molecule has 1 saturated carbocycles. The van der Waals surface area contributed by atoms with Gasteiger partial charge < -0.3 is 10.1 Å². The van der Waals surface area contributed by atoms with Crippen LogP contribution in [0.4, 0.5) is 0 Å². The number of methoxy groups -OCH3 is 1. The summed E-state index contributed by atoms with van der Waals surface area (Å²) in [7, 11) is 1.74. The van der Waals surface area contributed by atoms with Crippen LogP contribution in [-0.2, 0) is 17.9 Å². The van der Waals surface area contributed by atoms with Crippen molar-refractivity contribution < 1.29 is 4.74 Å². The molecule has 18 heavy (non-hydrogen) atoms. The molecule has 0 amide bonds. The number of hydrogen-bond donors (Lipinski definition) is 1. The van der Waals surface area contributed by atoms with E-state index < -0.39 is 0 Å². The van der Waals surface area contributed by atoms with Gasteiger partial charge in [0.2, 0.25) is 0 Å². The van der Waals surface area contributed by atoms with Gasteiger partial charge >= 0.3 is 0 Å². The van der Waals surface area contributed by atoms with Crippen molar-refractivity contribution in [2.45, 2.75) is 64.6 Å². The Morgan fingerprint density at radius 1 is 1.39 bits per heavy atom. The third-order valence-electron chi connectivity index (χ3n) is 3.31. The Kier molecular flexibility index (Phi) is 4.41. The SMILES string of the molecule is COCc1nc(C2CCC2)sc1CNC(C)(C)C. The lowest BCUT2D eigenvalue weighted by Crippen LogP contribution is -2.35. The molecule has 0 aromatic carbocycles. The Bertz CT molecular complexity index is 391. The van der Waals surface area contributed by atoms with Gasteiger partial charge in [-0.2, -0.15) is 0 Å². The first-order chi connectivity index (χ1) is 8.49. The van der Waals surface area contributed by atoms with E-state index in [1.54, 1.807) is 7.11 Å². The van der Waals surface area contributed by atoms with Crippen LogP contribution in [-0.4, -0.2) is 17.6 Å². The molecule has 0 radical (unpaired) electrons. The molecule has 0 unspecified atom stereocenters. The quantitative estimate of drug-likeness (QED) is 0.888. The Labute approximate surface area is 114 Å². The van der Waals surface area contributed by atoms with Crippen LogP contribution in [0.5, 0.6) is 0 Å². The van der Waals surface area contributed by atoms with Gasteiger partial charge in [-0.25, -0.2) is 4.98 Å². The van der Waals surface area contributed by atoms with Crippen LogP contribution in [0.1, 0.15) is 61.5 Å². The van der Waals surface area contributed by atoms with Crippen molar-refractivity contribution in [3.05, 3.63) is 15.6 Å². The van der Waals surface area contributed by atoms with Crippen molar-refractivity contribution in [2.75, 3.05) is 7.11 Å². The lowest BCUT2D eigenvalue weighted by molar-refractivity contribution is 0.180. The smallest absolute Gasteiger partial charge is 0.0963 e. The van der Waals surface area contributed by atoms with Crippen LogP contribution in [0.15, 0.2) is 0 Å². The number of thiazole rings is 1. The van der Waals surface area contributed by atoms with Crippen molar-refractivity contribution in [1.29, 1.82) is 0 Å². The molecule has 3 nitrogen and oxygen atoms in total. The summed E-state index contributed by atoms with van der Waals surface area (Å²) in [6.07, 6.45) is 3.98. The number of nitrogens with one attached hydrogen (secondary N) is 1. The van der Waals surface area contributed by atoms with Gasteiger partial charge in [-0.15, -0.1) is 11.3 Å². The van der Waals surface area contributed by atoms with Crippen LogP contribution in [0.3, 0.4) is 0 Å². The zero-order valence-corrected chi connectivity index (χ0v) is 12.7. The second-order valence-electron chi connectivity index (χ2n) is 6.09. The number of nitrogens with zero attached hydrogens (tertiary/aromatic N) is 1. The van der Waals surface area contributed by atoms with Crippen molar-refractivity contribution in [2.24, 2.45) is 0 Å². The lowest BCUT2D eigenvalue weighted by atomic mass is 9.86. The predicted octanol–water partition coefficient (Wildman–Crippen LogP) is 3.45. The highest BCUT2D eigenvalue weighted by molar-refractivity contribution is 7.11. The van der Waals surface area contributed by atoms with Gasteiger partial charge in [-0.1, -0.05) is 6.42 Å². The molecule has 1 N–H and O–H groups in total. The highest BCUT2D eigenvalue weighted by atomic mass is 32.1. The Balaban J connectivity index is 2.08. The molecule has 4 heteroatoms. The van der Waals surface area contributed by atoms with E-state index in [4.69, 9.17) is 9.72 Å². The Hall–Kier alpha value is -0.450. The molecule has 1 aromatic rings. The zero-order valence-electron chi connectivity index (χ0n) is 11.9. The van der Waals surface area contributed by atoms with Crippen LogP contribution in [0.25, 0.3) is 0 Å². The normalized spacial score (nSPS) is 16.9. The summed E-state index contributed by atoms with van der Waals surface area (Å²) < 4.78 is 5.26. The van der Waals surface area contributed by atoms with E-state index in [0.717, 1.165) is 12.2 Å². The van der Waals surface area contributed by atoms with Gasteiger partial charge in [0.15, 0.2) is 0 Å². The van der Waals surface area contributed by atoms with Gasteiger partial charge in [-0.05, 0) is 33.6 Å². The largest absolute Gasteiger partial charge is 0.378 e. The minimum Gasteiger partial charge on any atom is -0.378 e. The molecule has 1 aliphatic carbocycles. The van der Waals surface area contributed by atoms with E-state index in [2.05, 4.69) is 26.1 Å². The van der Waals surface area contributed by atoms with E-state index >= 15 is 0 Å². The molecule has 2 rings (SSSR count). The number of rotatable bonds is 5. The van der Waals surface area contributed by atoms with E-state index in [-0.39, 0.29) is 5.54 Å². The molecular weight excluding hydrogens is 244 g/mol. The Morgan fingerprint density at radius 2 is 2.11 bits per heavy atom. The third kappa shape index (κ3) is 3.53. The predicted molar refractivity (Wildman–Crippen MR) is 76.0 cm³/mol. The van der Waals surface area contributed by atoms with Gasteiger partial charge in [0.25, 0.3) is 0 Å². The molecule has 1 heterocycles. The second-order valence-corrected chi connectivity index (χ2v) is 7.20. The summed E-state index contributed by atoms with van der Waals surface area (Å²) in [5.41, 5.74) is 1.27. The van der Waals surface area contributed by atoms with Gasteiger partial charge in [-0.3, -0.25) is 0 Å². The summed E-state index contributed by atoms with van der Waals surface area (Å²) in [5.74, 6) is 0.717. The first kappa shape index (κ1) is 14.0. The third-order valence-corrected chi connectivity index (χ3v) is 4.57. The first-order valence-electron chi connectivity index (χ1n) is 6.72. The molecule has 1 aliphatic rings. The van der Waals surface area contributed by atoms with Crippen molar-refractivity contribution in [3.63, 3.8) is 0 Å². The van der Waals surface area contributed by atoms with Crippen LogP contribution in [0, 0.1) is 0 Å². The van der Waals surface area contributed by atoms with Crippen molar-refractivity contribution in [1.82, 2.24) is 10.3 Å². The van der Waals surface area contributed by atoms with E-state index in [9.17, 15) is 0 Å². The van der Waals surface area contributed by atoms with Crippen LogP contribution < -0.4 is 5.32 Å². The van der Waals surface area contributed by atoms with Gasteiger partial charge in [0.05, 0.1) is 17.3 Å². The number of aromatic nitrogens is 1. The van der Waals surface area contributed by atoms with Gasteiger partial charge in [0.1, 0.15) is 0 Å². The van der Waals surface area contributed by atoms with Gasteiger partial charge in [0, 0.05) is 30.0 Å². The maximum Gasteiger partial charge on any atom is 0.0963 e. The zero-order chi connectivity index (χ0) is 13.2. The molecule has 0 spiro atoms. The maximum absolute atomic E-state index is 5.26. The average Bonchev–Trinajstić information content (AvgIpc) is 2.55. The molecule has 1 fully saturated rings. The second kappa shape index (κ2) is 5.68. The summed E-state index contributed by atoms with van der Waals surface area (Å²) in [4.78, 5) is 6.12. The molecular formula is C14H24N2OS. The average molecular weight is 268 g/mol. The van der Waals surface area contributed by atoms with E-state index in [1.807, 2.05) is 11.3 Å². The molecule has 1 aromatic heterocycles. The van der Waals surface area contributed by atoms with E-state index in [1.165, 1.54) is 29.1 Å². The summed E-state index contributed by atoms with van der Waals surface area (Å²) in [6.45, 7) is 8.10. The van der Waals surface area contributed by atoms with Crippen LogP contribution >= 0.6 is 11.3 Å². The monoisotopic (exact) mass is 268 g/mol. The molecule has 0 saturated heterocycles. The fraction of sp³-hybridized carbons (Fsp3) is 0.786. The number of hydrogen-bond acceptors (Lipinski definition) is 4. The fourth-order valence-electron chi connectivity index (χ4n) is 1.97. The molecule has 0 aliphatic heterocycles. The minimum absolute atomic E-state index is 0.144. The number of ether oxygens (including phenoxy) is 1. The standard InChI is InChI=1S/C14H24N2OS/c1-14(2,3)15-8-12-11(9-17-4)16-13(18-12)10-6-5-7-10/h10,15H,5-9H2,1-4H3. The summed E-state index contributed by atoms with van der Waals surface area (Å²) in [5, 5.41) is 4.86. The summed E-state index contributed by atoms with van der Waals surface area (Å²) >= 11 is 1.87. The molecule has 0 atom stereocenters. The van der Waals surface area contributed by atoms with Crippen molar-refractivity contribution in [3.8, 4) is 0 Å². The van der Waals surface area contributed by atoms with Crippen LogP contribution in [0.2, 0.25) is 0 Å². The van der Waals surface area contributed by atoms with E-state index in [0.29, 0.717) is 12.5 Å². The fourth-order valence-corrected chi connectivity index (χ4v) is 3.14. The first-order valence-corrected chi connectivity index (χ1v) is 7.53. The van der Waals surface area contributed by atoms with Crippen molar-refractivity contribution >= 4 is 11.3 Å². The maximum atomic E-state index is 5.26. The molecule has 102 valence electrons. The topological polar surface area (TPSA) is 34.1 Å². The highest BCUT2D eigenvalue weighted by Crippen LogP contribution is 2.39. The highest BCUT2D eigenvalue weighted by Gasteiger charge is 2.24. The molecule has 0 bridgehead atoms. The Morgan fingerprint density at radius 3 is 2.61 bits per heavy atom.